The van der Waals surface area contributed by atoms with Gasteiger partial charge in [-0.1, -0.05) is 0 Å². The summed E-state index contributed by atoms with van der Waals surface area (Å²) in [7, 11) is 0. The number of nitrogens with one attached hydrogen (secondary N) is 1. The monoisotopic (exact) mass is 293 g/mol. The van der Waals surface area contributed by atoms with Crippen LogP contribution in [0.1, 0.15) is 0 Å². The summed E-state index contributed by atoms with van der Waals surface area (Å²) in [6, 6.07) is 1.75. The Morgan fingerprint density at radius 2 is 2.33 bits per heavy atom. The summed E-state index contributed by atoms with van der Waals surface area (Å²) in [6.07, 6.45) is -0.895. The van der Waals surface area contributed by atoms with Gasteiger partial charge in [0.2, 0.25) is 0 Å². The zero-order valence-corrected chi connectivity index (χ0v) is 9.78. The fourth-order valence-corrected chi connectivity index (χ4v) is 1.93. The highest BCUT2D eigenvalue weighted by Gasteiger charge is 2.10. The van der Waals surface area contributed by atoms with E-state index in [1.807, 2.05) is 0 Å². The van der Waals surface area contributed by atoms with E-state index in [-0.39, 0.29) is 4.77 Å². The molecule has 7 heteroatoms. The normalized spacial score (nSPS) is 11.5. The first-order valence-electron chi connectivity index (χ1n) is 4.10. The van der Waals surface area contributed by atoms with E-state index in [4.69, 9.17) is 12.2 Å². The summed E-state index contributed by atoms with van der Waals surface area (Å²) in [5.74, 6) is 0. The molecule has 3 nitrogen and oxygen atoms in total. The van der Waals surface area contributed by atoms with Gasteiger partial charge in [0, 0.05) is 10.7 Å². The number of halogens is 3. The van der Waals surface area contributed by atoms with Crippen LogP contribution in [0.3, 0.4) is 0 Å². The number of pyridine rings is 1. The maximum absolute atomic E-state index is 12.3. The SMILES string of the molecule is FC(F)Cn1c(=S)[nH]c2cc(Br)cnc21. The van der Waals surface area contributed by atoms with Crippen molar-refractivity contribution in [3.63, 3.8) is 0 Å². The van der Waals surface area contributed by atoms with Crippen LogP contribution in [0.25, 0.3) is 11.2 Å². The van der Waals surface area contributed by atoms with Gasteiger partial charge in [0.25, 0.3) is 6.43 Å². The Labute approximate surface area is 97.3 Å². The molecule has 2 aromatic heterocycles. The molecule has 2 aromatic rings. The van der Waals surface area contributed by atoms with Crippen molar-refractivity contribution >= 4 is 39.3 Å². The van der Waals surface area contributed by atoms with Crippen molar-refractivity contribution in [2.24, 2.45) is 0 Å². The van der Waals surface area contributed by atoms with Gasteiger partial charge in [-0.15, -0.1) is 0 Å². The standard InChI is InChI=1S/C8H6BrF2N3S/c9-4-1-5-7(12-2-4)14(3-6(10)11)8(15)13-5/h1-2,6H,3H2,(H,13,15). The first-order valence-corrected chi connectivity index (χ1v) is 5.30. The minimum atomic E-state index is -2.44. The number of hydrogen-bond donors (Lipinski definition) is 1. The van der Waals surface area contributed by atoms with Crippen molar-refractivity contribution in [2.75, 3.05) is 0 Å². The van der Waals surface area contributed by atoms with Crippen LogP contribution in [0.2, 0.25) is 0 Å². The van der Waals surface area contributed by atoms with Crippen molar-refractivity contribution in [2.45, 2.75) is 13.0 Å². The van der Waals surface area contributed by atoms with Crippen LogP contribution in [0, 0.1) is 4.77 Å². The Morgan fingerprint density at radius 1 is 1.60 bits per heavy atom. The minimum absolute atomic E-state index is 0.260. The zero-order valence-electron chi connectivity index (χ0n) is 7.38. The smallest absolute Gasteiger partial charge is 0.256 e. The van der Waals surface area contributed by atoms with Gasteiger partial charge in [0.15, 0.2) is 10.4 Å². The number of fused-ring (bicyclic) bond motifs is 1. The third kappa shape index (κ3) is 2.07. The van der Waals surface area contributed by atoms with E-state index in [1.165, 1.54) is 4.57 Å². The highest BCUT2D eigenvalue weighted by molar-refractivity contribution is 9.10. The lowest BCUT2D eigenvalue weighted by atomic mass is 10.4. The number of alkyl halides is 2. The third-order valence-electron chi connectivity index (χ3n) is 1.90. The van der Waals surface area contributed by atoms with Crippen molar-refractivity contribution < 1.29 is 8.78 Å². The van der Waals surface area contributed by atoms with Crippen LogP contribution in [-0.2, 0) is 6.54 Å². The van der Waals surface area contributed by atoms with Crippen molar-refractivity contribution in [1.82, 2.24) is 14.5 Å². The lowest BCUT2D eigenvalue weighted by Gasteiger charge is -2.01. The molecule has 0 atom stereocenters. The Bertz CT molecular complexity index is 548. The summed E-state index contributed by atoms with van der Waals surface area (Å²) in [4.78, 5) is 6.86. The topological polar surface area (TPSA) is 33.6 Å². The molecule has 0 radical (unpaired) electrons. The fraction of sp³-hybridized carbons (Fsp3) is 0.250. The Morgan fingerprint density at radius 3 is 3.00 bits per heavy atom. The summed E-state index contributed by atoms with van der Waals surface area (Å²) in [5.41, 5.74) is 1.10. The van der Waals surface area contributed by atoms with Crippen LogP contribution >= 0.6 is 28.1 Å². The van der Waals surface area contributed by atoms with E-state index in [9.17, 15) is 8.78 Å². The molecule has 0 aromatic carbocycles. The van der Waals surface area contributed by atoms with Crippen LogP contribution < -0.4 is 0 Å². The molecule has 0 unspecified atom stereocenters. The predicted octanol–water partition coefficient (Wildman–Crippen LogP) is 3.12. The lowest BCUT2D eigenvalue weighted by Crippen LogP contribution is -2.06. The molecule has 2 rings (SSSR count). The average molecular weight is 294 g/mol. The van der Waals surface area contributed by atoms with Gasteiger partial charge >= 0.3 is 0 Å². The van der Waals surface area contributed by atoms with Gasteiger partial charge in [0.05, 0.1) is 12.1 Å². The molecule has 1 N–H and O–H groups in total. The van der Waals surface area contributed by atoms with Gasteiger partial charge in [-0.05, 0) is 34.2 Å². The summed E-state index contributed by atoms with van der Waals surface area (Å²) in [6.45, 7) is -0.437. The van der Waals surface area contributed by atoms with Crippen molar-refractivity contribution in [3.8, 4) is 0 Å². The molecule has 0 aliphatic rings. The number of aromatic nitrogens is 3. The number of imidazole rings is 1. The van der Waals surface area contributed by atoms with Crippen LogP contribution in [0.5, 0.6) is 0 Å². The molecule has 0 amide bonds. The molecule has 0 aliphatic heterocycles. The Balaban J connectivity index is 2.63. The van der Waals surface area contributed by atoms with E-state index in [2.05, 4.69) is 25.9 Å². The quantitative estimate of drug-likeness (QED) is 0.863. The molecule has 0 bridgehead atoms. The number of nitrogens with zero attached hydrogens (tertiary/aromatic N) is 2. The van der Waals surface area contributed by atoms with Gasteiger partial charge in [-0.2, -0.15) is 0 Å². The number of aromatic amines is 1. The van der Waals surface area contributed by atoms with Crippen LogP contribution in [0.15, 0.2) is 16.7 Å². The zero-order chi connectivity index (χ0) is 11.0. The molecule has 0 fully saturated rings. The van der Waals surface area contributed by atoms with Gasteiger partial charge in [0.1, 0.15) is 0 Å². The minimum Gasteiger partial charge on any atom is -0.329 e. The van der Waals surface area contributed by atoms with E-state index in [0.717, 1.165) is 4.47 Å². The van der Waals surface area contributed by atoms with Crippen LogP contribution in [-0.4, -0.2) is 21.0 Å². The predicted molar refractivity (Wildman–Crippen MR) is 58.6 cm³/mol. The largest absolute Gasteiger partial charge is 0.329 e. The Kier molecular flexibility index (Phi) is 2.83. The second-order valence-electron chi connectivity index (χ2n) is 2.96. The molecule has 15 heavy (non-hydrogen) atoms. The molecular weight excluding hydrogens is 288 g/mol. The van der Waals surface area contributed by atoms with Gasteiger partial charge in [-0.3, -0.25) is 4.57 Å². The van der Waals surface area contributed by atoms with Crippen molar-refractivity contribution in [1.29, 1.82) is 0 Å². The third-order valence-corrected chi connectivity index (χ3v) is 2.65. The molecule has 2 heterocycles. The Hall–Kier alpha value is -0.820. The average Bonchev–Trinajstić information content (AvgIpc) is 2.41. The first kappa shape index (κ1) is 10.7. The molecular formula is C8H6BrF2N3S. The number of hydrogen-bond acceptors (Lipinski definition) is 2. The molecule has 0 aliphatic carbocycles. The highest BCUT2D eigenvalue weighted by Crippen LogP contribution is 2.17. The number of rotatable bonds is 2. The molecule has 0 spiro atoms. The first-order chi connectivity index (χ1) is 7.08. The summed E-state index contributed by atoms with van der Waals surface area (Å²) in [5, 5.41) is 0. The molecule has 80 valence electrons. The summed E-state index contributed by atoms with van der Waals surface area (Å²) >= 11 is 8.18. The maximum atomic E-state index is 12.3. The van der Waals surface area contributed by atoms with Gasteiger partial charge in [-0.25, -0.2) is 13.8 Å². The second-order valence-corrected chi connectivity index (χ2v) is 4.26. The lowest BCUT2D eigenvalue weighted by molar-refractivity contribution is 0.127. The molecule has 0 saturated heterocycles. The maximum Gasteiger partial charge on any atom is 0.256 e. The fourth-order valence-electron chi connectivity index (χ4n) is 1.33. The van der Waals surface area contributed by atoms with E-state index in [1.54, 1.807) is 12.3 Å². The van der Waals surface area contributed by atoms with Crippen LogP contribution in [0.4, 0.5) is 8.78 Å². The van der Waals surface area contributed by atoms with E-state index < -0.39 is 13.0 Å². The molecule has 0 saturated carbocycles. The van der Waals surface area contributed by atoms with Gasteiger partial charge < -0.3 is 4.98 Å². The summed E-state index contributed by atoms with van der Waals surface area (Å²) < 4.78 is 26.9. The van der Waals surface area contributed by atoms with Crippen molar-refractivity contribution in [3.05, 3.63) is 21.5 Å². The second kappa shape index (κ2) is 3.97. The highest BCUT2D eigenvalue weighted by atomic mass is 79.9. The number of H-pyrrole nitrogens is 1. The van der Waals surface area contributed by atoms with E-state index >= 15 is 0 Å². The van der Waals surface area contributed by atoms with E-state index in [0.29, 0.717) is 11.2 Å².